The molecule has 2 fully saturated rings. The van der Waals surface area contributed by atoms with Gasteiger partial charge in [0.15, 0.2) is 5.75 Å². The van der Waals surface area contributed by atoms with E-state index in [1.807, 2.05) is 54.3 Å². The first-order chi connectivity index (χ1) is 21.0. The molecule has 3 atom stereocenters. The Hall–Kier alpha value is -2.97. The molecule has 2 saturated carbocycles. The van der Waals surface area contributed by atoms with Crippen LogP contribution in [-0.2, 0) is 29.1 Å². The number of carbonyl (C=O) groups is 2. The summed E-state index contributed by atoms with van der Waals surface area (Å²) in [5, 5.41) is 1.55. The fraction of sp³-hybridized carbons (Fsp3) is 0.412. The number of aryl methyl sites for hydroxylation is 1. The van der Waals surface area contributed by atoms with Crippen molar-refractivity contribution in [2.24, 2.45) is 23.5 Å². The summed E-state index contributed by atoms with van der Waals surface area (Å²) in [6, 6.07) is 17.3. The van der Waals surface area contributed by atoms with Crippen LogP contribution < -0.4 is 15.2 Å². The summed E-state index contributed by atoms with van der Waals surface area (Å²) in [5.74, 6) is 2.00. The molecule has 0 aromatic heterocycles. The minimum Gasteiger partial charge on any atom is -0.490 e. The smallest absolute Gasteiger partial charge is 0.227 e. The monoisotopic (exact) mass is 657 g/mol. The maximum Gasteiger partial charge on any atom is 0.227 e. The van der Waals surface area contributed by atoms with Gasteiger partial charge in [-0.2, -0.15) is 0 Å². The molecule has 10 heteroatoms. The maximum atomic E-state index is 13.9. The van der Waals surface area contributed by atoms with Crippen LogP contribution >= 0.6 is 34.8 Å². The van der Waals surface area contributed by atoms with Gasteiger partial charge in [-0.05, 0) is 84.2 Å². The number of hydrogen-bond donors (Lipinski definition) is 1. The Labute approximate surface area is 274 Å². The van der Waals surface area contributed by atoms with Crippen molar-refractivity contribution in [3.63, 3.8) is 0 Å². The zero-order chi connectivity index (χ0) is 31.5. The highest BCUT2D eigenvalue weighted by molar-refractivity contribution is 6.37. The topological polar surface area (TPSA) is 85.1 Å². The van der Waals surface area contributed by atoms with Crippen molar-refractivity contribution < 1.29 is 19.1 Å². The Morgan fingerprint density at radius 1 is 0.909 bits per heavy atom. The van der Waals surface area contributed by atoms with Gasteiger partial charge in [-0.1, -0.05) is 59.1 Å². The summed E-state index contributed by atoms with van der Waals surface area (Å²) in [5.41, 5.74) is 10.00. The van der Waals surface area contributed by atoms with Crippen molar-refractivity contribution >= 4 is 46.6 Å². The van der Waals surface area contributed by atoms with Crippen molar-refractivity contribution in [3.8, 4) is 11.5 Å². The first-order valence-electron chi connectivity index (χ1n) is 14.9. The van der Waals surface area contributed by atoms with Gasteiger partial charge in [0.1, 0.15) is 19.0 Å². The molecule has 5 rings (SSSR count). The van der Waals surface area contributed by atoms with Crippen LogP contribution in [0.4, 0.5) is 0 Å². The van der Waals surface area contributed by atoms with E-state index in [2.05, 4.69) is 0 Å². The molecule has 2 amide bonds. The van der Waals surface area contributed by atoms with E-state index in [1.165, 1.54) is 6.42 Å². The number of amides is 2. The second-order valence-electron chi connectivity index (χ2n) is 11.9. The normalized spacial score (nSPS) is 18.7. The first kappa shape index (κ1) is 32.4. The SMILES string of the molecule is CC(=O)N(C)Cc1ccc(Cl)c(CN(C(=O)C(CN)Cc2ccc(OCCOc3c(Cl)cc(C)cc3Cl)cc2)C2C3CC32)c1. The van der Waals surface area contributed by atoms with E-state index in [0.717, 1.165) is 22.3 Å². The van der Waals surface area contributed by atoms with Crippen LogP contribution in [0, 0.1) is 24.7 Å². The van der Waals surface area contributed by atoms with E-state index < -0.39 is 0 Å². The van der Waals surface area contributed by atoms with Crippen LogP contribution in [0.1, 0.15) is 35.6 Å². The molecule has 3 aromatic rings. The molecule has 0 spiro atoms. The molecular formula is C34H38Cl3N3O4. The minimum absolute atomic E-state index is 0.00962. The lowest BCUT2D eigenvalue weighted by Gasteiger charge is -2.30. The number of carbonyl (C=O) groups excluding carboxylic acids is 2. The van der Waals surface area contributed by atoms with E-state index >= 15 is 0 Å². The summed E-state index contributed by atoms with van der Waals surface area (Å²) < 4.78 is 11.6. The number of hydrogen-bond acceptors (Lipinski definition) is 5. The molecule has 0 aliphatic heterocycles. The zero-order valence-corrected chi connectivity index (χ0v) is 27.5. The summed E-state index contributed by atoms with van der Waals surface area (Å²) in [7, 11) is 1.77. The molecule has 2 N–H and O–H groups in total. The second kappa shape index (κ2) is 14.0. The molecule has 0 radical (unpaired) electrons. The summed E-state index contributed by atoms with van der Waals surface area (Å²) in [6.45, 7) is 5.21. The van der Waals surface area contributed by atoms with E-state index in [-0.39, 0.29) is 36.9 Å². The predicted molar refractivity (Wildman–Crippen MR) is 174 cm³/mol. The molecule has 2 aliphatic rings. The van der Waals surface area contributed by atoms with Gasteiger partial charge in [-0.15, -0.1) is 0 Å². The third kappa shape index (κ3) is 7.81. The van der Waals surface area contributed by atoms with Gasteiger partial charge in [0.25, 0.3) is 0 Å². The Bertz CT molecular complexity index is 1490. The number of nitrogens with zero attached hydrogens (tertiary/aromatic N) is 2. The molecule has 3 unspecified atom stereocenters. The highest BCUT2D eigenvalue weighted by atomic mass is 35.5. The molecule has 2 aliphatic carbocycles. The zero-order valence-electron chi connectivity index (χ0n) is 25.2. The van der Waals surface area contributed by atoms with Gasteiger partial charge in [0.2, 0.25) is 11.8 Å². The van der Waals surface area contributed by atoms with E-state index in [0.29, 0.717) is 64.5 Å². The van der Waals surface area contributed by atoms with Crippen LogP contribution in [0.15, 0.2) is 54.6 Å². The highest BCUT2D eigenvalue weighted by Gasteiger charge is 2.67. The third-order valence-electron chi connectivity index (χ3n) is 8.46. The summed E-state index contributed by atoms with van der Waals surface area (Å²) >= 11 is 19.1. The van der Waals surface area contributed by atoms with Crippen molar-refractivity contribution in [2.75, 3.05) is 26.8 Å². The molecule has 7 nitrogen and oxygen atoms in total. The lowest BCUT2D eigenvalue weighted by molar-refractivity contribution is -0.137. The van der Waals surface area contributed by atoms with E-state index in [4.69, 9.17) is 50.0 Å². The summed E-state index contributed by atoms with van der Waals surface area (Å²) in [6.07, 6.45) is 1.70. The highest BCUT2D eigenvalue weighted by Crippen LogP contribution is 2.65. The van der Waals surface area contributed by atoms with Gasteiger partial charge in [-0.3, -0.25) is 9.59 Å². The number of rotatable bonds is 14. The lowest BCUT2D eigenvalue weighted by Crippen LogP contribution is -2.43. The molecule has 0 saturated heterocycles. The number of halogens is 3. The fourth-order valence-electron chi connectivity index (χ4n) is 5.59. The van der Waals surface area contributed by atoms with Gasteiger partial charge in [0, 0.05) is 44.7 Å². The Morgan fingerprint density at radius 3 is 2.14 bits per heavy atom. The Morgan fingerprint density at radius 2 is 1.55 bits per heavy atom. The van der Waals surface area contributed by atoms with Gasteiger partial charge < -0.3 is 25.0 Å². The van der Waals surface area contributed by atoms with Gasteiger partial charge in [0.05, 0.1) is 16.0 Å². The summed E-state index contributed by atoms with van der Waals surface area (Å²) in [4.78, 5) is 29.3. The fourth-order valence-corrected chi connectivity index (χ4v) is 6.47. The average molecular weight is 659 g/mol. The van der Waals surface area contributed by atoms with Crippen LogP contribution in [0.3, 0.4) is 0 Å². The molecular weight excluding hydrogens is 621 g/mol. The molecule has 44 heavy (non-hydrogen) atoms. The largest absolute Gasteiger partial charge is 0.490 e. The van der Waals surface area contributed by atoms with E-state index in [9.17, 15) is 9.59 Å². The number of benzene rings is 3. The molecule has 3 aromatic carbocycles. The molecule has 234 valence electrons. The standard InChI is InChI=1S/C34H38Cl3N3O4/c1-20-12-30(36)33(31(37)13-20)44-11-10-43-26-7-4-22(5-8-26)14-24(17-38)34(42)40(32-27-16-28(27)32)19-25-15-23(6-9-29(25)35)18-39(3)21(2)41/h4-9,12-13,15,24,27-28,32H,10-11,14,16-19,38H2,1-3H3. The number of ether oxygens (including phenoxy) is 2. The maximum absolute atomic E-state index is 13.9. The van der Waals surface area contributed by atoms with Crippen LogP contribution in [-0.4, -0.2) is 54.5 Å². The average Bonchev–Trinajstić information content (AvgIpc) is 3.90. The van der Waals surface area contributed by atoms with Crippen molar-refractivity contribution in [3.05, 3.63) is 91.9 Å². The van der Waals surface area contributed by atoms with Crippen LogP contribution in [0.5, 0.6) is 11.5 Å². The second-order valence-corrected chi connectivity index (χ2v) is 13.1. The molecule has 0 bridgehead atoms. The van der Waals surface area contributed by atoms with Crippen molar-refractivity contribution in [1.82, 2.24) is 9.80 Å². The van der Waals surface area contributed by atoms with Crippen LogP contribution in [0.2, 0.25) is 15.1 Å². The van der Waals surface area contributed by atoms with Crippen molar-refractivity contribution in [1.29, 1.82) is 0 Å². The van der Waals surface area contributed by atoms with Crippen molar-refractivity contribution in [2.45, 2.75) is 45.8 Å². The third-order valence-corrected chi connectivity index (χ3v) is 9.39. The van der Waals surface area contributed by atoms with Gasteiger partial charge in [-0.25, -0.2) is 0 Å². The lowest BCUT2D eigenvalue weighted by atomic mass is 9.97. The van der Waals surface area contributed by atoms with Gasteiger partial charge >= 0.3 is 0 Å². The Kier molecular flexibility index (Phi) is 10.3. The predicted octanol–water partition coefficient (Wildman–Crippen LogP) is 6.56. The van der Waals surface area contributed by atoms with E-state index in [1.54, 1.807) is 31.0 Å². The first-order valence-corrected chi connectivity index (χ1v) is 16.0. The number of fused-ring (bicyclic) bond motifs is 1. The molecule has 0 heterocycles. The Balaban J connectivity index is 1.18. The number of nitrogens with two attached hydrogens (primary N) is 1. The van der Waals surface area contributed by atoms with Crippen LogP contribution in [0.25, 0.3) is 0 Å². The minimum atomic E-state index is -0.357. The quantitative estimate of drug-likeness (QED) is 0.199.